The van der Waals surface area contributed by atoms with Crippen LogP contribution in [0.25, 0.3) is 0 Å². The third-order valence-corrected chi connectivity index (χ3v) is 3.54. The molecule has 2 N–H and O–H groups in total. The normalized spacial score (nSPS) is 10.2. The molecule has 0 aliphatic rings. The van der Waals surface area contributed by atoms with Crippen molar-refractivity contribution >= 4 is 11.9 Å². The molecule has 2 aromatic rings. The van der Waals surface area contributed by atoms with Crippen LogP contribution in [-0.2, 0) is 11.3 Å². The zero-order chi connectivity index (χ0) is 19.8. The van der Waals surface area contributed by atoms with Crippen LogP contribution in [0.3, 0.4) is 0 Å². The van der Waals surface area contributed by atoms with Crippen LogP contribution in [-0.4, -0.2) is 37.3 Å². The summed E-state index contributed by atoms with van der Waals surface area (Å²) in [4.78, 5) is 23.0. The second kappa shape index (κ2) is 9.42. The van der Waals surface area contributed by atoms with Crippen LogP contribution >= 0.6 is 0 Å². The SMILES string of the molecule is CCOc1cc(C(=O)NCc2cc(F)ccc2OC)ccc1OCC(=O)O. The van der Waals surface area contributed by atoms with Crippen molar-refractivity contribution in [3.05, 3.63) is 53.3 Å². The molecule has 7 nitrogen and oxygen atoms in total. The highest BCUT2D eigenvalue weighted by molar-refractivity contribution is 5.94. The van der Waals surface area contributed by atoms with Gasteiger partial charge in [-0.1, -0.05) is 0 Å². The fourth-order valence-electron chi connectivity index (χ4n) is 2.34. The van der Waals surface area contributed by atoms with Gasteiger partial charge in [0.05, 0.1) is 13.7 Å². The van der Waals surface area contributed by atoms with Crippen LogP contribution in [0.4, 0.5) is 4.39 Å². The number of methoxy groups -OCH3 is 1. The van der Waals surface area contributed by atoms with Crippen molar-refractivity contribution in [2.24, 2.45) is 0 Å². The Morgan fingerprint density at radius 2 is 1.81 bits per heavy atom. The van der Waals surface area contributed by atoms with E-state index in [1.165, 1.54) is 43.5 Å². The first-order chi connectivity index (χ1) is 12.9. The summed E-state index contributed by atoms with van der Waals surface area (Å²) in [7, 11) is 1.46. The van der Waals surface area contributed by atoms with Gasteiger partial charge in [-0.05, 0) is 43.3 Å². The lowest BCUT2D eigenvalue weighted by Crippen LogP contribution is -2.23. The molecule has 0 aliphatic carbocycles. The predicted octanol–water partition coefficient (Wildman–Crippen LogP) is 2.63. The summed E-state index contributed by atoms with van der Waals surface area (Å²) in [6.07, 6.45) is 0. The van der Waals surface area contributed by atoms with E-state index in [-0.39, 0.29) is 23.6 Å². The smallest absolute Gasteiger partial charge is 0.341 e. The van der Waals surface area contributed by atoms with Gasteiger partial charge in [-0.15, -0.1) is 0 Å². The van der Waals surface area contributed by atoms with Crippen molar-refractivity contribution in [2.75, 3.05) is 20.3 Å². The van der Waals surface area contributed by atoms with Gasteiger partial charge < -0.3 is 24.6 Å². The second-order valence-electron chi connectivity index (χ2n) is 5.42. The van der Waals surface area contributed by atoms with E-state index in [2.05, 4.69) is 5.32 Å². The lowest BCUT2D eigenvalue weighted by atomic mass is 10.1. The molecule has 1 amide bonds. The number of carbonyl (C=O) groups is 2. The molecule has 0 saturated carbocycles. The first-order valence-electron chi connectivity index (χ1n) is 8.16. The van der Waals surface area contributed by atoms with Gasteiger partial charge in [0.1, 0.15) is 11.6 Å². The van der Waals surface area contributed by atoms with E-state index >= 15 is 0 Å². The van der Waals surface area contributed by atoms with Crippen molar-refractivity contribution in [1.29, 1.82) is 0 Å². The summed E-state index contributed by atoms with van der Waals surface area (Å²) in [6, 6.07) is 8.45. The molecule has 2 aromatic carbocycles. The maximum Gasteiger partial charge on any atom is 0.341 e. The Morgan fingerprint density at radius 3 is 2.48 bits per heavy atom. The Kier molecular flexibility index (Phi) is 6.99. The van der Waals surface area contributed by atoms with Gasteiger partial charge in [-0.25, -0.2) is 9.18 Å². The summed E-state index contributed by atoms with van der Waals surface area (Å²) in [6.45, 7) is 1.62. The number of carboxylic acid groups (broad SMARTS) is 1. The first kappa shape index (κ1) is 20.0. The van der Waals surface area contributed by atoms with Crippen molar-refractivity contribution in [3.63, 3.8) is 0 Å². The number of amides is 1. The van der Waals surface area contributed by atoms with E-state index in [1.54, 1.807) is 6.92 Å². The summed E-state index contributed by atoms with van der Waals surface area (Å²) >= 11 is 0. The summed E-state index contributed by atoms with van der Waals surface area (Å²) in [5.41, 5.74) is 0.786. The van der Waals surface area contributed by atoms with E-state index in [0.717, 1.165) is 0 Å². The molecule has 0 spiro atoms. The largest absolute Gasteiger partial charge is 0.496 e. The maximum atomic E-state index is 13.4. The van der Waals surface area contributed by atoms with Crippen molar-refractivity contribution < 1.29 is 33.3 Å². The van der Waals surface area contributed by atoms with Gasteiger partial charge in [0, 0.05) is 17.7 Å². The molecule has 0 radical (unpaired) electrons. The van der Waals surface area contributed by atoms with Crippen LogP contribution in [0, 0.1) is 5.82 Å². The molecule has 0 saturated heterocycles. The van der Waals surface area contributed by atoms with Gasteiger partial charge in [0.25, 0.3) is 5.91 Å². The van der Waals surface area contributed by atoms with Crippen molar-refractivity contribution in [3.8, 4) is 17.2 Å². The highest BCUT2D eigenvalue weighted by atomic mass is 19.1. The van der Waals surface area contributed by atoms with Crippen LogP contribution in [0.5, 0.6) is 17.2 Å². The molecule has 8 heteroatoms. The minimum atomic E-state index is -1.12. The molecule has 0 atom stereocenters. The number of carboxylic acids is 1. The number of nitrogens with one attached hydrogen (secondary N) is 1. The minimum absolute atomic E-state index is 0.0704. The molecule has 0 heterocycles. The topological polar surface area (TPSA) is 94.1 Å². The van der Waals surface area contributed by atoms with Gasteiger partial charge in [0.2, 0.25) is 0 Å². The number of hydrogen-bond acceptors (Lipinski definition) is 5. The van der Waals surface area contributed by atoms with Crippen molar-refractivity contribution in [1.82, 2.24) is 5.32 Å². The van der Waals surface area contributed by atoms with Crippen molar-refractivity contribution in [2.45, 2.75) is 13.5 Å². The Bertz CT molecular complexity index is 824. The molecular weight excluding hydrogens is 357 g/mol. The van der Waals surface area contributed by atoms with Crippen LogP contribution in [0.15, 0.2) is 36.4 Å². The molecular formula is C19H20FNO6. The lowest BCUT2D eigenvalue weighted by Gasteiger charge is -2.13. The third kappa shape index (κ3) is 5.60. The Balaban J connectivity index is 2.12. The van der Waals surface area contributed by atoms with E-state index in [9.17, 15) is 14.0 Å². The van der Waals surface area contributed by atoms with E-state index in [1.807, 2.05) is 0 Å². The Hall–Kier alpha value is -3.29. The number of rotatable bonds is 9. The average molecular weight is 377 g/mol. The summed E-state index contributed by atoms with van der Waals surface area (Å²) in [5, 5.41) is 11.4. The van der Waals surface area contributed by atoms with Gasteiger partial charge in [-0.3, -0.25) is 4.79 Å². The molecule has 144 valence electrons. The zero-order valence-electron chi connectivity index (χ0n) is 15.0. The van der Waals surface area contributed by atoms with E-state index in [0.29, 0.717) is 17.9 Å². The zero-order valence-corrected chi connectivity index (χ0v) is 15.0. The van der Waals surface area contributed by atoms with E-state index in [4.69, 9.17) is 19.3 Å². The van der Waals surface area contributed by atoms with Gasteiger partial charge in [-0.2, -0.15) is 0 Å². The number of ether oxygens (including phenoxy) is 3. The lowest BCUT2D eigenvalue weighted by molar-refractivity contribution is -0.139. The molecule has 27 heavy (non-hydrogen) atoms. The molecule has 0 aliphatic heterocycles. The number of halogens is 1. The standard InChI is InChI=1S/C19H20FNO6/c1-3-26-17-9-12(4-6-16(17)27-11-18(22)23)19(24)21-10-13-8-14(20)5-7-15(13)25-2/h4-9H,3,10-11H2,1-2H3,(H,21,24)(H,22,23). The second-order valence-corrected chi connectivity index (χ2v) is 5.42. The number of carbonyl (C=O) groups excluding carboxylic acids is 1. The highest BCUT2D eigenvalue weighted by Gasteiger charge is 2.14. The van der Waals surface area contributed by atoms with E-state index < -0.39 is 24.3 Å². The third-order valence-electron chi connectivity index (χ3n) is 3.54. The summed E-state index contributed by atoms with van der Waals surface area (Å²) in [5.74, 6) is -1.02. The summed E-state index contributed by atoms with van der Waals surface area (Å²) < 4.78 is 29.1. The highest BCUT2D eigenvalue weighted by Crippen LogP contribution is 2.28. The maximum absolute atomic E-state index is 13.4. The average Bonchev–Trinajstić information content (AvgIpc) is 2.65. The van der Waals surface area contributed by atoms with Crippen LogP contribution in [0.2, 0.25) is 0 Å². The van der Waals surface area contributed by atoms with Gasteiger partial charge >= 0.3 is 5.97 Å². The van der Waals surface area contributed by atoms with Crippen LogP contribution in [0.1, 0.15) is 22.8 Å². The number of aliphatic carboxylic acids is 1. The predicted molar refractivity (Wildman–Crippen MR) is 94.9 cm³/mol. The molecule has 0 bridgehead atoms. The van der Waals surface area contributed by atoms with Crippen LogP contribution < -0.4 is 19.5 Å². The quantitative estimate of drug-likeness (QED) is 0.698. The number of benzene rings is 2. The Labute approximate surface area is 155 Å². The fourth-order valence-corrected chi connectivity index (χ4v) is 2.34. The molecule has 0 unspecified atom stereocenters. The number of hydrogen-bond donors (Lipinski definition) is 2. The molecule has 2 rings (SSSR count). The monoisotopic (exact) mass is 377 g/mol. The minimum Gasteiger partial charge on any atom is -0.496 e. The van der Waals surface area contributed by atoms with Gasteiger partial charge in [0.15, 0.2) is 18.1 Å². The fraction of sp³-hybridized carbons (Fsp3) is 0.263. The molecule has 0 aromatic heterocycles. The first-order valence-corrected chi connectivity index (χ1v) is 8.16. The molecule has 0 fully saturated rings. The Morgan fingerprint density at radius 1 is 1.07 bits per heavy atom.